The van der Waals surface area contributed by atoms with Gasteiger partial charge in [0, 0.05) is 18.2 Å². The lowest BCUT2D eigenvalue weighted by molar-refractivity contribution is -0.0528. The second-order valence-electron chi connectivity index (χ2n) is 6.22. The number of aromatic amines is 1. The second-order valence-corrected chi connectivity index (χ2v) is 6.22. The first-order valence-corrected chi connectivity index (χ1v) is 8.16. The van der Waals surface area contributed by atoms with Crippen LogP contribution in [0.1, 0.15) is 25.7 Å². The Morgan fingerprint density at radius 1 is 1.16 bits per heavy atom. The van der Waals surface area contributed by atoms with Gasteiger partial charge in [0.15, 0.2) is 5.82 Å². The molecule has 0 aromatic carbocycles. The Morgan fingerprint density at radius 2 is 1.96 bits per heavy atom. The van der Waals surface area contributed by atoms with Crippen LogP contribution in [0, 0.1) is 0 Å². The first-order chi connectivity index (χ1) is 12.1. The average molecular weight is 352 g/mol. The molecule has 8 nitrogen and oxygen atoms in total. The van der Waals surface area contributed by atoms with Gasteiger partial charge in [0.25, 0.3) is 0 Å². The van der Waals surface area contributed by atoms with Crippen molar-refractivity contribution in [1.82, 2.24) is 25.5 Å². The van der Waals surface area contributed by atoms with Gasteiger partial charge in [-0.3, -0.25) is 10.1 Å². The van der Waals surface area contributed by atoms with Crippen molar-refractivity contribution in [3.8, 4) is 11.8 Å². The fraction of sp³-hybridized carbons (Fsp3) is 0.533. The van der Waals surface area contributed by atoms with Gasteiger partial charge in [-0.25, -0.2) is 0 Å². The molecule has 0 saturated carbocycles. The third kappa shape index (κ3) is 3.95. The van der Waals surface area contributed by atoms with Gasteiger partial charge in [0.2, 0.25) is 11.8 Å². The van der Waals surface area contributed by atoms with E-state index >= 15 is 0 Å². The zero-order chi connectivity index (χ0) is 17.2. The Bertz CT molecular complexity index is 716. The lowest BCUT2D eigenvalue weighted by Crippen LogP contribution is -2.42. The smallest absolute Gasteiger partial charge is 0.388 e. The molecule has 25 heavy (non-hydrogen) atoms. The summed E-state index contributed by atoms with van der Waals surface area (Å²) in [6.45, 7) is -2.92. The lowest BCUT2D eigenvalue weighted by atomic mass is 10.0. The van der Waals surface area contributed by atoms with Crippen molar-refractivity contribution in [2.75, 3.05) is 5.32 Å². The van der Waals surface area contributed by atoms with Crippen LogP contribution in [0.3, 0.4) is 0 Å². The number of aromatic nitrogens is 4. The molecule has 2 aromatic rings. The largest absolute Gasteiger partial charge is 0.473 e. The summed E-state index contributed by atoms with van der Waals surface area (Å²) in [5.74, 6) is 1.01. The number of hydrogen-bond acceptors (Lipinski definition) is 7. The molecular formula is C15H18F2N6O2. The maximum Gasteiger partial charge on any atom is 0.388 e. The molecule has 0 amide bonds. The van der Waals surface area contributed by atoms with E-state index in [1.165, 1.54) is 25.1 Å². The molecule has 0 spiro atoms. The Balaban J connectivity index is 1.38. The number of hydrogen-bond donors (Lipinski definition) is 3. The normalized spacial score (nSPS) is 25.2. The molecule has 0 aliphatic carbocycles. The highest BCUT2D eigenvalue weighted by Gasteiger charge is 2.34. The topological polar surface area (TPSA) is 97.0 Å². The van der Waals surface area contributed by atoms with E-state index in [-0.39, 0.29) is 12.0 Å². The van der Waals surface area contributed by atoms with Crippen molar-refractivity contribution in [1.29, 1.82) is 0 Å². The van der Waals surface area contributed by atoms with E-state index in [2.05, 4.69) is 35.5 Å². The van der Waals surface area contributed by atoms with Crippen LogP contribution < -0.4 is 20.1 Å². The van der Waals surface area contributed by atoms with Gasteiger partial charge in [-0.1, -0.05) is 0 Å². The van der Waals surface area contributed by atoms with Crippen molar-refractivity contribution in [3.05, 3.63) is 18.5 Å². The molecule has 3 atom stereocenters. The maximum absolute atomic E-state index is 12.2. The predicted octanol–water partition coefficient (Wildman–Crippen LogP) is 2.21. The van der Waals surface area contributed by atoms with E-state index in [9.17, 15) is 8.78 Å². The van der Waals surface area contributed by atoms with E-state index in [4.69, 9.17) is 4.74 Å². The van der Waals surface area contributed by atoms with Crippen LogP contribution in [0.4, 0.5) is 20.4 Å². The van der Waals surface area contributed by atoms with Gasteiger partial charge < -0.3 is 20.1 Å². The molecule has 3 N–H and O–H groups in total. The molecule has 134 valence electrons. The van der Waals surface area contributed by atoms with E-state index in [1.807, 2.05) is 0 Å². The summed E-state index contributed by atoms with van der Waals surface area (Å²) < 4.78 is 34.5. The number of ether oxygens (including phenoxy) is 2. The summed E-state index contributed by atoms with van der Waals surface area (Å²) in [6.07, 6.45) is 7.51. The average Bonchev–Trinajstić information content (AvgIpc) is 3.13. The molecule has 10 heteroatoms. The van der Waals surface area contributed by atoms with Gasteiger partial charge in [-0.15, -0.1) is 5.10 Å². The monoisotopic (exact) mass is 352 g/mol. The highest BCUT2D eigenvalue weighted by Crippen LogP contribution is 2.29. The maximum atomic E-state index is 12.2. The highest BCUT2D eigenvalue weighted by molar-refractivity contribution is 5.51. The first-order valence-electron chi connectivity index (χ1n) is 8.16. The highest BCUT2D eigenvalue weighted by atomic mass is 19.3. The number of nitrogens with one attached hydrogen (secondary N) is 3. The molecule has 2 fully saturated rings. The first kappa shape index (κ1) is 16.0. The molecule has 2 saturated heterocycles. The van der Waals surface area contributed by atoms with Crippen LogP contribution in [-0.4, -0.2) is 45.0 Å². The standard InChI is InChI=1S/C15H18F2N6O2/c16-15(17)25-13-5-11(22-23-13)20-12-6-18-7-14(21-12)24-10-3-8-1-2-9(4-10)19-8/h5-10,15,19H,1-4H2,(H2,20,21,22,23)/t8-,9?,10?/m0/s1. The second kappa shape index (κ2) is 6.79. The van der Waals surface area contributed by atoms with Crippen molar-refractivity contribution in [3.63, 3.8) is 0 Å². The van der Waals surface area contributed by atoms with Gasteiger partial charge >= 0.3 is 6.61 Å². The van der Waals surface area contributed by atoms with Crippen LogP contribution in [0.25, 0.3) is 0 Å². The van der Waals surface area contributed by atoms with Crippen molar-refractivity contribution >= 4 is 11.6 Å². The molecule has 0 radical (unpaired) electrons. The number of alkyl halides is 2. The quantitative estimate of drug-likeness (QED) is 0.733. The van der Waals surface area contributed by atoms with Crippen LogP contribution in [0.15, 0.2) is 18.5 Å². The SMILES string of the molecule is FC(F)Oc1cc(Nc2cncc(OC3CC4CC[C@@H](C3)N4)n2)[nH]n1. The fourth-order valence-electron chi connectivity index (χ4n) is 3.39. The minimum absolute atomic E-state index is 0.126. The summed E-state index contributed by atoms with van der Waals surface area (Å²) in [7, 11) is 0. The Morgan fingerprint density at radius 3 is 2.72 bits per heavy atom. The number of H-pyrrole nitrogens is 1. The van der Waals surface area contributed by atoms with E-state index in [1.54, 1.807) is 6.20 Å². The number of rotatable bonds is 6. The van der Waals surface area contributed by atoms with Crippen molar-refractivity contribution < 1.29 is 18.3 Å². The number of anilines is 2. The van der Waals surface area contributed by atoms with Gasteiger partial charge in [-0.2, -0.15) is 13.8 Å². The number of halogens is 2. The Hall–Kier alpha value is -2.49. The molecule has 4 rings (SSSR count). The molecule has 2 bridgehead atoms. The third-order valence-electron chi connectivity index (χ3n) is 4.36. The summed E-state index contributed by atoms with van der Waals surface area (Å²) in [5.41, 5.74) is 0. The summed E-state index contributed by atoms with van der Waals surface area (Å²) in [6, 6.07) is 2.36. The minimum Gasteiger partial charge on any atom is -0.473 e. The molecular weight excluding hydrogens is 334 g/mol. The van der Waals surface area contributed by atoms with E-state index in [0.29, 0.717) is 29.6 Å². The zero-order valence-corrected chi connectivity index (χ0v) is 13.3. The van der Waals surface area contributed by atoms with Crippen LogP contribution in [0.5, 0.6) is 11.8 Å². The zero-order valence-electron chi connectivity index (χ0n) is 13.3. The molecule has 2 unspecified atom stereocenters. The number of nitrogens with zero attached hydrogens (tertiary/aromatic N) is 3. The Kier molecular flexibility index (Phi) is 4.35. The number of fused-ring (bicyclic) bond motifs is 2. The third-order valence-corrected chi connectivity index (χ3v) is 4.36. The van der Waals surface area contributed by atoms with Gasteiger partial charge in [-0.05, 0) is 25.7 Å². The fourth-order valence-corrected chi connectivity index (χ4v) is 3.39. The summed E-state index contributed by atoms with van der Waals surface area (Å²) in [5, 5.41) is 12.6. The molecule has 2 aromatic heterocycles. The Labute approximate surface area is 142 Å². The van der Waals surface area contributed by atoms with Crippen molar-refractivity contribution in [2.45, 2.75) is 50.5 Å². The summed E-state index contributed by atoms with van der Waals surface area (Å²) >= 11 is 0. The van der Waals surface area contributed by atoms with Crippen molar-refractivity contribution in [2.24, 2.45) is 0 Å². The van der Waals surface area contributed by atoms with E-state index < -0.39 is 6.61 Å². The summed E-state index contributed by atoms with van der Waals surface area (Å²) in [4.78, 5) is 8.45. The minimum atomic E-state index is -2.92. The van der Waals surface area contributed by atoms with E-state index in [0.717, 1.165) is 12.8 Å². The van der Waals surface area contributed by atoms with Crippen LogP contribution in [0.2, 0.25) is 0 Å². The van der Waals surface area contributed by atoms with Crippen LogP contribution >= 0.6 is 0 Å². The predicted molar refractivity (Wildman–Crippen MR) is 84.1 cm³/mol. The number of piperidine rings is 1. The van der Waals surface area contributed by atoms with Gasteiger partial charge in [0.1, 0.15) is 11.9 Å². The van der Waals surface area contributed by atoms with Gasteiger partial charge in [0.05, 0.1) is 12.4 Å². The van der Waals surface area contributed by atoms with Crippen LogP contribution in [-0.2, 0) is 0 Å². The molecule has 4 heterocycles. The lowest BCUT2D eigenvalue weighted by Gasteiger charge is -2.29. The molecule has 2 aliphatic heterocycles. The molecule has 2 aliphatic rings.